The molecule has 0 atom stereocenters. The summed E-state index contributed by atoms with van der Waals surface area (Å²) in [6, 6.07) is 9.06. The third-order valence-electron chi connectivity index (χ3n) is 3.77. The highest BCUT2D eigenvalue weighted by Gasteiger charge is 2.15. The van der Waals surface area contributed by atoms with E-state index in [0.717, 1.165) is 18.8 Å². The zero-order chi connectivity index (χ0) is 14.2. The van der Waals surface area contributed by atoms with Crippen molar-refractivity contribution in [3.8, 4) is 6.07 Å². The number of benzene rings is 1. The van der Waals surface area contributed by atoms with Gasteiger partial charge in [0.15, 0.2) is 6.54 Å². The molecule has 1 aromatic carbocycles. The van der Waals surface area contributed by atoms with Crippen LogP contribution in [0.3, 0.4) is 0 Å². The first-order valence-corrected chi connectivity index (χ1v) is 7.41. The molecule has 2 rings (SSSR count). The van der Waals surface area contributed by atoms with Crippen molar-refractivity contribution in [3.05, 3.63) is 29.8 Å². The number of carbonyl (C=O) groups excluding carboxylic acids is 1. The van der Waals surface area contributed by atoms with E-state index >= 15 is 0 Å². The van der Waals surface area contributed by atoms with E-state index in [2.05, 4.69) is 11.4 Å². The molecular weight excluding hydrogens is 250 g/mol. The fraction of sp³-hybridized carbons (Fsp3) is 0.500. The van der Waals surface area contributed by atoms with Gasteiger partial charge in [-0.05, 0) is 49.9 Å². The van der Waals surface area contributed by atoms with Gasteiger partial charge in [-0.3, -0.25) is 4.79 Å². The maximum atomic E-state index is 12.0. The fourth-order valence-corrected chi connectivity index (χ4v) is 2.64. The Morgan fingerprint density at radius 2 is 1.70 bits per heavy atom. The number of quaternary nitrogens is 1. The summed E-state index contributed by atoms with van der Waals surface area (Å²) in [5.41, 5.74) is 1.37. The van der Waals surface area contributed by atoms with Crippen molar-refractivity contribution in [3.63, 3.8) is 0 Å². The second kappa shape index (κ2) is 7.66. The molecule has 1 aliphatic heterocycles. The molecular formula is C16H22N3O+. The number of amides is 1. The monoisotopic (exact) mass is 272 g/mol. The first-order valence-electron chi connectivity index (χ1n) is 7.41. The van der Waals surface area contributed by atoms with Crippen LogP contribution in [-0.4, -0.2) is 25.5 Å². The molecule has 0 aromatic heterocycles. The van der Waals surface area contributed by atoms with Crippen LogP contribution in [0.15, 0.2) is 24.3 Å². The summed E-state index contributed by atoms with van der Waals surface area (Å²) in [6.07, 6.45) is 6.37. The summed E-state index contributed by atoms with van der Waals surface area (Å²) in [5, 5.41) is 11.6. The minimum absolute atomic E-state index is 0.0604. The van der Waals surface area contributed by atoms with Gasteiger partial charge < -0.3 is 10.2 Å². The largest absolute Gasteiger partial charge is 0.327 e. The lowest BCUT2D eigenvalue weighted by atomic mass is 10.1. The molecule has 4 nitrogen and oxygen atoms in total. The van der Waals surface area contributed by atoms with Gasteiger partial charge in [0.05, 0.1) is 24.7 Å². The topological polar surface area (TPSA) is 57.3 Å². The van der Waals surface area contributed by atoms with Crippen LogP contribution in [0.1, 0.15) is 37.7 Å². The van der Waals surface area contributed by atoms with Crippen molar-refractivity contribution < 1.29 is 9.69 Å². The Balaban J connectivity index is 1.82. The Kier molecular flexibility index (Phi) is 5.57. The van der Waals surface area contributed by atoms with E-state index in [1.807, 2.05) is 0 Å². The van der Waals surface area contributed by atoms with Gasteiger partial charge in [-0.1, -0.05) is 6.42 Å². The van der Waals surface area contributed by atoms with E-state index in [4.69, 9.17) is 5.26 Å². The van der Waals surface area contributed by atoms with E-state index in [-0.39, 0.29) is 5.91 Å². The molecule has 0 radical (unpaired) electrons. The van der Waals surface area contributed by atoms with Crippen LogP contribution < -0.4 is 10.2 Å². The van der Waals surface area contributed by atoms with Crippen LogP contribution in [0, 0.1) is 11.3 Å². The predicted molar refractivity (Wildman–Crippen MR) is 78.4 cm³/mol. The minimum Gasteiger partial charge on any atom is -0.327 e. The molecule has 1 aromatic rings. The Bertz CT molecular complexity index is 467. The molecule has 2 N–H and O–H groups in total. The number of nitriles is 1. The van der Waals surface area contributed by atoms with E-state index in [9.17, 15) is 4.79 Å². The molecule has 1 aliphatic rings. The molecule has 0 spiro atoms. The molecule has 1 fully saturated rings. The summed E-state index contributed by atoms with van der Waals surface area (Å²) in [5.74, 6) is 0.0604. The maximum absolute atomic E-state index is 12.0. The van der Waals surface area contributed by atoms with Crippen molar-refractivity contribution in [2.75, 3.05) is 25.0 Å². The number of likely N-dealkylation sites (tertiary alicyclic amines) is 1. The summed E-state index contributed by atoms with van der Waals surface area (Å²) in [7, 11) is 0. The normalized spacial score (nSPS) is 16.8. The molecule has 20 heavy (non-hydrogen) atoms. The highest BCUT2D eigenvalue weighted by molar-refractivity contribution is 5.91. The Labute approximate surface area is 120 Å². The third kappa shape index (κ3) is 4.67. The van der Waals surface area contributed by atoms with Crippen LogP contribution in [0.5, 0.6) is 0 Å². The zero-order valence-corrected chi connectivity index (χ0v) is 11.8. The minimum atomic E-state index is 0.0604. The van der Waals surface area contributed by atoms with Crippen LogP contribution in [0.2, 0.25) is 0 Å². The number of nitrogens with one attached hydrogen (secondary N) is 2. The number of nitrogens with zero attached hydrogens (tertiary/aromatic N) is 1. The molecule has 106 valence electrons. The summed E-state index contributed by atoms with van der Waals surface area (Å²) in [6.45, 7) is 2.74. The van der Waals surface area contributed by atoms with Gasteiger partial charge in [0, 0.05) is 5.69 Å². The summed E-state index contributed by atoms with van der Waals surface area (Å²) >= 11 is 0. The number of hydrogen-bond donors (Lipinski definition) is 2. The lowest BCUT2D eigenvalue weighted by Crippen LogP contribution is -3.13. The van der Waals surface area contributed by atoms with E-state index in [1.165, 1.54) is 37.0 Å². The van der Waals surface area contributed by atoms with Crippen molar-refractivity contribution in [1.82, 2.24) is 0 Å². The van der Waals surface area contributed by atoms with Crippen molar-refractivity contribution in [1.29, 1.82) is 5.26 Å². The van der Waals surface area contributed by atoms with Gasteiger partial charge in [-0.2, -0.15) is 5.26 Å². The highest BCUT2D eigenvalue weighted by Crippen LogP contribution is 2.08. The van der Waals surface area contributed by atoms with Gasteiger partial charge >= 0.3 is 0 Å². The SMILES string of the molecule is N#Cc1ccc(NC(=O)C[NH+]2CCCCCCC2)cc1. The number of carbonyl (C=O) groups is 1. The average molecular weight is 272 g/mol. The van der Waals surface area contributed by atoms with Crippen LogP contribution >= 0.6 is 0 Å². The van der Waals surface area contributed by atoms with Crippen molar-refractivity contribution in [2.24, 2.45) is 0 Å². The first-order chi connectivity index (χ1) is 9.78. The molecule has 1 saturated heterocycles. The van der Waals surface area contributed by atoms with Gasteiger partial charge in [0.2, 0.25) is 0 Å². The Morgan fingerprint density at radius 1 is 1.10 bits per heavy atom. The molecule has 0 bridgehead atoms. The quantitative estimate of drug-likeness (QED) is 0.872. The standard InChI is InChI=1S/C16H21N3O/c17-12-14-6-8-15(9-7-14)18-16(20)13-19-10-4-2-1-3-5-11-19/h6-9H,1-5,10-11,13H2,(H,18,20)/p+1. The van der Waals surface area contributed by atoms with Crippen LogP contribution in [0.25, 0.3) is 0 Å². The molecule has 0 saturated carbocycles. The smallest absolute Gasteiger partial charge is 0.279 e. The Morgan fingerprint density at radius 3 is 2.30 bits per heavy atom. The average Bonchev–Trinajstić information content (AvgIpc) is 2.42. The lowest BCUT2D eigenvalue weighted by Gasteiger charge is -2.21. The molecule has 1 heterocycles. The lowest BCUT2D eigenvalue weighted by molar-refractivity contribution is -0.892. The van der Waals surface area contributed by atoms with Crippen molar-refractivity contribution >= 4 is 11.6 Å². The molecule has 0 unspecified atom stereocenters. The van der Waals surface area contributed by atoms with E-state index < -0.39 is 0 Å². The first kappa shape index (κ1) is 14.5. The third-order valence-corrected chi connectivity index (χ3v) is 3.77. The number of rotatable bonds is 3. The predicted octanol–water partition coefficient (Wildman–Crippen LogP) is 1.35. The summed E-state index contributed by atoms with van der Waals surface area (Å²) in [4.78, 5) is 13.4. The zero-order valence-electron chi connectivity index (χ0n) is 11.8. The van der Waals surface area contributed by atoms with E-state index in [1.54, 1.807) is 24.3 Å². The van der Waals surface area contributed by atoms with Crippen LogP contribution in [-0.2, 0) is 4.79 Å². The second-order valence-corrected chi connectivity index (χ2v) is 5.43. The van der Waals surface area contributed by atoms with Gasteiger partial charge in [-0.15, -0.1) is 0 Å². The molecule has 0 aliphatic carbocycles. The number of anilines is 1. The molecule has 1 amide bonds. The maximum Gasteiger partial charge on any atom is 0.279 e. The van der Waals surface area contributed by atoms with Gasteiger partial charge in [0.1, 0.15) is 0 Å². The van der Waals surface area contributed by atoms with Crippen LogP contribution in [0.4, 0.5) is 5.69 Å². The van der Waals surface area contributed by atoms with Crippen molar-refractivity contribution in [2.45, 2.75) is 32.1 Å². The number of hydrogen-bond acceptors (Lipinski definition) is 2. The Hall–Kier alpha value is -1.86. The van der Waals surface area contributed by atoms with E-state index in [0.29, 0.717) is 12.1 Å². The second-order valence-electron chi connectivity index (χ2n) is 5.43. The fourth-order valence-electron chi connectivity index (χ4n) is 2.64. The summed E-state index contributed by atoms with van der Waals surface area (Å²) < 4.78 is 0. The molecule has 4 heteroatoms. The highest BCUT2D eigenvalue weighted by atomic mass is 16.2. The van der Waals surface area contributed by atoms with Gasteiger partial charge in [-0.25, -0.2) is 0 Å². The van der Waals surface area contributed by atoms with Gasteiger partial charge in [0.25, 0.3) is 5.91 Å².